The molecule has 0 fully saturated rings. The normalized spacial score (nSPS) is 10.4. The number of halogens is 1. The average Bonchev–Trinajstić information content (AvgIpc) is 2.81. The molecule has 0 bridgehead atoms. The summed E-state index contributed by atoms with van der Waals surface area (Å²) in [5.41, 5.74) is 5.07. The van der Waals surface area contributed by atoms with Crippen LogP contribution in [0.25, 0.3) is 0 Å². The Balaban J connectivity index is 2.25. The molecule has 21 heavy (non-hydrogen) atoms. The van der Waals surface area contributed by atoms with Crippen molar-refractivity contribution in [3.05, 3.63) is 55.5 Å². The largest absolute Gasteiger partial charge is 0.392 e. The van der Waals surface area contributed by atoms with E-state index >= 15 is 0 Å². The van der Waals surface area contributed by atoms with Crippen LogP contribution in [0.15, 0.2) is 23.6 Å². The van der Waals surface area contributed by atoms with E-state index in [2.05, 4.69) is 5.32 Å². The van der Waals surface area contributed by atoms with Gasteiger partial charge in [0, 0.05) is 10.9 Å². The number of nitro groups is 1. The summed E-state index contributed by atoms with van der Waals surface area (Å²) < 4.78 is 13.7. The van der Waals surface area contributed by atoms with Crippen molar-refractivity contribution in [3.8, 4) is 0 Å². The molecule has 0 spiro atoms. The van der Waals surface area contributed by atoms with Gasteiger partial charge in [-0.3, -0.25) is 14.9 Å². The monoisotopic (exact) mass is 309 g/mol. The molecular formula is C13H12FN3O3S. The number of nitrogens with zero attached hydrogens (tertiary/aromatic N) is 1. The van der Waals surface area contributed by atoms with Crippen molar-refractivity contribution in [2.45, 2.75) is 13.5 Å². The minimum absolute atomic E-state index is 0.212. The lowest BCUT2D eigenvalue weighted by molar-refractivity contribution is -0.384. The van der Waals surface area contributed by atoms with E-state index in [4.69, 9.17) is 5.73 Å². The van der Waals surface area contributed by atoms with Crippen molar-refractivity contribution < 1.29 is 14.1 Å². The number of rotatable bonds is 4. The molecule has 0 saturated carbocycles. The van der Waals surface area contributed by atoms with E-state index in [0.29, 0.717) is 0 Å². The molecule has 1 aromatic carbocycles. The van der Waals surface area contributed by atoms with E-state index in [1.54, 1.807) is 0 Å². The number of nitro benzene ring substituents is 1. The highest BCUT2D eigenvalue weighted by molar-refractivity contribution is 7.10. The van der Waals surface area contributed by atoms with E-state index in [0.717, 1.165) is 22.6 Å². The number of nitrogens with one attached hydrogen (secondary N) is 1. The number of nitrogen functional groups attached to an aromatic ring is 1. The molecule has 2 rings (SSSR count). The van der Waals surface area contributed by atoms with Gasteiger partial charge in [0.05, 0.1) is 11.5 Å². The van der Waals surface area contributed by atoms with E-state index < -0.39 is 33.6 Å². The van der Waals surface area contributed by atoms with Crippen molar-refractivity contribution in [1.82, 2.24) is 5.32 Å². The molecule has 0 saturated heterocycles. The molecule has 0 unspecified atom stereocenters. The van der Waals surface area contributed by atoms with Gasteiger partial charge >= 0.3 is 0 Å². The van der Waals surface area contributed by atoms with Crippen LogP contribution < -0.4 is 11.1 Å². The minimum Gasteiger partial charge on any atom is -0.392 e. The van der Waals surface area contributed by atoms with Crippen LogP contribution in [0.1, 0.15) is 20.8 Å². The van der Waals surface area contributed by atoms with Gasteiger partial charge in [0.2, 0.25) is 0 Å². The molecule has 0 radical (unpaired) electrons. The quantitative estimate of drug-likeness (QED) is 0.515. The Hall–Kier alpha value is -2.48. The lowest BCUT2D eigenvalue weighted by atomic mass is 10.1. The Kier molecular flexibility index (Phi) is 4.18. The summed E-state index contributed by atoms with van der Waals surface area (Å²) >= 11 is 1.46. The van der Waals surface area contributed by atoms with Gasteiger partial charge in [-0.25, -0.2) is 4.39 Å². The number of aryl methyl sites for hydroxylation is 1. The number of nitrogens with two attached hydrogens (primary N) is 1. The van der Waals surface area contributed by atoms with Gasteiger partial charge in [0.25, 0.3) is 11.6 Å². The third-order valence-electron chi connectivity index (χ3n) is 2.97. The molecule has 6 nitrogen and oxygen atoms in total. The average molecular weight is 309 g/mol. The topological polar surface area (TPSA) is 98.3 Å². The maximum atomic E-state index is 13.7. The summed E-state index contributed by atoms with van der Waals surface area (Å²) in [6, 6.07) is 3.69. The van der Waals surface area contributed by atoms with Crippen molar-refractivity contribution in [1.29, 1.82) is 0 Å². The molecule has 3 N–H and O–H groups in total. The second-order valence-electron chi connectivity index (χ2n) is 4.32. The number of carbonyl (C=O) groups excluding carboxylic acids is 1. The van der Waals surface area contributed by atoms with Crippen LogP contribution in [0.5, 0.6) is 0 Å². The van der Waals surface area contributed by atoms with E-state index in [1.165, 1.54) is 11.3 Å². The molecule has 1 aromatic heterocycles. The summed E-state index contributed by atoms with van der Waals surface area (Å²) in [5, 5.41) is 15.2. The highest BCUT2D eigenvalue weighted by Gasteiger charge is 2.23. The molecule has 0 aliphatic rings. The van der Waals surface area contributed by atoms with Gasteiger partial charge in [-0.2, -0.15) is 0 Å². The first-order valence-electron chi connectivity index (χ1n) is 5.95. The number of amides is 1. The second kappa shape index (κ2) is 5.88. The predicted octanol–water partition coefficient (Wildman–Crippen LogP) is 2.62. The van der Waals surface area contributed by atoms with Crippen molar-refractivity contribution >= 4 is 28.6 Å². The number of carbonyl (C=O) groups is 1. The molecule has 1 heterocycles. The first-order chi connectivity index (χ1) is 9.91. The number of hydrogen-bond donors (Lipinski definition) is 2. The van der Waals surface area contributed by atoms with Crippen LogP contribution in [0.3, 0.4) is 0 Å². The molecule has 8 heteroatoms. The van der Waals surface area contributed by atoms with Crippen LogP contribution in [0.4, 0.5) is 15.8 Å². The summed E-state index contributed by atoms with van der Waals surface area (Å²) in [6.45, 7) is 2.10. The Morgan fingerprint density at radius 1 is 1.48 bits per heavy atom. The standard InChI is InChI=1S/C13H12FN3O3S/c1-7-4-5-21-10(7)6-16-13(18)11-8(14)2-3-9(12(11)15)17(19)20/h2-5H,6,15H2,1H3,(H,16,18). The van der Waals surface area contributed by atoms with Gasteiger partial charge < -0.3 is 11.1 Å². The summed E-state index contributed by atoms with van der Waals surface area (Å²) in [5.74, 6) is -1.67. The van der Waals surface area contributed by atoms with Gasteiger partial charge in [-0.1, -0.05) is 0 Å². The zero-order valence-electron chi connectivity index (χ0n) is 11.1. The minimum atomic E-state index is -0.890. The Bertz CT molecular complexity index is 715. The molecule has 0 aliphatic heterocycles. The number of benzene rings is 1. The van der Waals surface area contributed by atoms with Gasteiger partial charge in [-0.15, -0.1) is 11.3 Å². The highest BCUT2D eigenvalue weighted by atomic mass is 32.1. The second-order valence-corrected chi connectivity index (χ2v) is 5.32. The fraction of sp³-hybridized carbons (Fsp3) is 0.154. The van der Waals surface area contributed by atoms with Crippen LogP contribution in [-0.4, -0.2) is 10.8 Å². The van der Waals surface area contributed by atoms with Gasteiger partial charge in [-0.05, 0) is 30.0 Å². The van der Waals surface area contributed by atoms with Crippen molar-refractivity contribution in [2.75, 3.05) is 5.73 Å². The third-order valence-corrected chi connectivity index (χ3v) is 4.00. The molecule has 2 aromatic rings. The first kappa shape index (κ1) is 14.9. The van der Waals surface area contributed by atoms with Crippen molar-refractivity contribution in [3.63, 3.8) is 0 Å². The molecule has 110 valence electrons. The number of thiophene rings is 1. The van der Waals surface area contributed by atoms with Gasteiger partial charge in [0.15, 0.2) is 0 Å². The van der Waals surface area contributed by atoms with E-state index in [1.807, 2.05) is 18.4 Å². The van der Waals surface area contributed by atoms with Crippen LogP contribution >= 0.6 is 11.3 Å². The van der Waals surface area contributed by atoms with Crippen LogP contribution in [0, 0.1) is 22.9 Å². The molecular weight excluding hydrogens is 297 g/mol. The molecule has 1 amide bonds. The van der Waals surface area contributed by atoms with Gasteiger partial charge in [0.1, 0.15) is 17.1 Å². The fourth-order valence-corrected chi connectivity index (χ4v) is 2.65. The summed E-state index contributed by atoms with van der Waals surface area (Å²) in [4.78, 5) is 23.0. The Labute approximate surface area is 123 Å². The van der Waals surface area contributed by atoms with Crippen LogP contribution in [0.2, 0.25) is 0 Å². The Morgan fingerprint density at radius 2 is 2.19 bits per heavy atom. The predicted molar refractivity (Wildman–Crippen MR) is 77.7 cm³/mol. The smallest absolute Gasteiger partial charge is 0.293 e. The SMILES string of the molecule is Cc1ccsc1CNC(=O)c1c(F)ccc([N+](=O)[O-])c1N. The Morgan fingerprint density at radius 3 is 2.76 bits per heavy atom. The van der Waals surface area contributed by atoms with E-state index in [-0.39, 0.29) is 6.54 Å². The van der Waals surface area contributed by atoms with Crippen molar-refractivity contribution in [2.24, 2.45) is 0 Å². The lowest BCUT2D eigenvalue weighted by Crippen LogP contribution is -2.25. The first-order valence-corrected chi connectivity index (χ1v) is 6.83. The van der Waals surface area contributed by atoms with E-state index in [9.17, 15) is 19.3 Å². The fourth-order valence-electron chi connectivity index (χ4n) is 1.81. The zero-order valence-corrected chi connectivity index (χ0v) is 11.9. The van der Waals surface area contributed by atoms with Crippen LogP contribution in [-0.2, 0) is 6.54 Å². The molecule has 0 aliphatic carbocycles. The lowest BCUT2D eigenvalue weighted by Gasteiger charge is -2.08. The number of anilines is 1. The summed E-state index contributed by atoms with van der Waals surface area (Å²) in [6.07, 6.45) is 0. The number of hydrogen-bond acceptors (Lipinski definition) is 5. The maximum Gasteiger partial charge on any atom is 0.293 e. The highest BCUT2D eigenvalue weighted by Crippen LogP contribution is 2.27. The third kappa shape index (κ3) is 3.00. The summed E-state index contributed by atoms with van der Waals surface area (Å²) in [7, 11) is 0. The molecule has 0 atom stereocenters. The maximum absolute atomic E-state index is 13.7. The zero-order chi connectivity index (χ0) is 15.6.